The van der Waals surface area contributed by atoms with Crippen LogP contribution < -0.4 is 20.1 Å². The highest BCUT2D eigenvalue weighted by Crippen LogP contribution is 2.25. The SMILES string of the molecule is COc1ccc(C)cc1C(C)NC(=O)CNC(=O)c1ccc(OC(C)C)cc1. The molecule has 1 unspecified atom stereocenters. The van der Waals surface area contributed by atoms with Gasteiger partial charge < -0.3 is 20.1 Å². The number of aryl methyl sites for hydroxylation is 1. The van der Waals surface area contributed by atoms with Crippen LogP contribution in [0, 0.1) is 6.92 Å². The van der Waals surface area contributed by atoms with E-state index in [0.717, 1.165) is 11.1 Å². The fraction of sp³-hybridized carbons (Fsp3) is 0.364. The number of amides is 2. The normalized spacial score (nSPS) is 11.6. The minimum Gasteiger partial charge on any atom is -0.496 e. The van der Waals surface area contributed by atoms with Crippen LogP contribution in [-0.4, -0.2) is 31.6 Å². The van der Waals surface area contributed by atoms with Crippen LogP contribution in [0.25, 0.3) is 0 Å². The van der Waals surface area contributed by atoms with Gasteiger partial charge >= 0.3 is 0 Å². The fourth-order valence-electron chi connectivity index (χ4n) is 2.78. The Labute approximate surface area is 166 Å². The summed E-state index contributed by atoms with van der Waals surface area (Å²) in [4.78, 5) is 24.5. The molecule has 0 fully saturated rings. The third kappa shape index (κ3) is 6.01. The van der Waals surface area contributed by atoms with E-state index in [-0.39, 0.29) is 30.5 Å². The molecular weight excluding hydrogens is 356 g/mol. The molecule has 0 heterocycles. The predicted octanol–water partition coefficient (Wildman–Crippen LogP) is 3.40. The van der Waals surface area contributed by atoms with Gasteiger partial charge in [-0.15, -0.1) is 0 Å². The molecule has 28 heavy (non-hydrogen) atoms. The largest absolute Gasteiger partial charge is 0.496 e. The Hall–Kier alpha value is -3.02. The van der Waals surface area contributed by atoms with E-state index >= 15 is 0 Å². The number of benzene rings is 2. The second-order valence-corrected chi connectivity index (χ2v) is 6.91. The van der Waals surface area contributed by atoms with E-state index in [1.54, 1.807) is 31.4 Å². The lowest BCUT2D eigenvalue weighted by molar-refractivity contribution is -0.120. The minimum absolute atomic E-state index is 0.0670. The molecule has 0 saturated carbocycles. The molecule has 0 spiro atoms. The average molecular weight is 384 g/mol. The van der Waals surface area contributed by atoms with Crippen LogP contribution in [0.4, 0.5) is 0 Å². The molecule has 2 aromatic rings. The van der Waals surface area contributed by atoms with Gasteiger partial charge in [-0.25, -0.2) is 0 Å². The van der Waals surface area contributed by atoms with E-state index in [4.69, 9.17) is 9.47 Å². The van der Waals surface area contributed by atoms with Crippen LogP contribution >= 0.6 is 0 Å². The van der Waals surface area contributed by atoms with E-state index in [9.17, 15) is 9.59 Å². The molecule has 2 N–H and O–H groups in total. The summed E-state index contributed by atoms with van der Waals surface area (Å²) in [5, 5.41) is 5.51. The van der Waals surface area contributed by atoms with Crippen LogP contribution in [0.15, 0.2) is 42.5 Å². The molecule has 150 valence electrons. The first kappa shape index (κ1) is 21.3. The van der Waals surface area contributed by atoms with Gasteiger partial charge in [0.25, 0.3) is 5.91 Å². The zero-order valence-electron chi connectivity index (χ0n) is 17.0. The van der Waals surface area contributed by atoms with Crippen molar-refractivity contribution in [1.29, 1.82) is 0 Å². The van der Waals surface area contributed by atoms with E-state index in [1.165, 1.54) is 0 Å². The average Bonchev–Trinajstić information content (AvgIpc) is 2.66. The fourth-order valence-corrected chi connectivity index (χ4v) is 2.78. The first-order chi connectivity index (χ1) is 13.3. The molecule has 0 saturated heterocycles. The Morgan fingerprint density at radius 3 is 2.32 bits per heavy atom. The molecule has 2 amide bonds. The zero-order chi connectivity index (χ0) is 20.7. The van der Waals surface area contributed by atoms with Gasteiger partial charge in [0.05, 0.1) is 25.8 Å². The number of methoxy groups -OCH3 is 1. The van der Waals surface area contributed by atoms with Crippen molar-refractivity contribution in [3.63, 3.8) is 0 Å². The second kappa shape index (κ2) is 9.78. The van der Waals surface area contributed by atoms with Crippen molar-refractivity contribution in [1.82, 2.24) is 10.6 Å². The van der Waals surface area contributed by atoms with Crippen molar-refractivity contribution in [3.05, 3.63) is 59.2 Å². The topological polar surface area (TPSA) is 76.7 Å². The highest BCUT2D eigenvalue weighted by atomic mass is 16.5. The molecule has 0 radical (unpaired) electrons. The molecule has 6 heteroatoms. The summed E-state index contributed by atoms with van der Waals surface area (Å²) in [5.74, 6) is 0.826. The Balaban J connectivity index is 1.89. The first-order valence-corrected chi connectivity index (χ1v) is 9.29. The van der Waals surface area contributed by atoms with Gasteiger partial charge in [-0.1, -0.05) is 17.7 Å². The maximum atomic E-state index is 12.2. The van der Waals surface area contributed by atoms with Crippen molar-refractivity contribution in [2.24, 2.45) is 0 Å². The van der Waals surface area contributed by atoms with Crippen LogP contribution in [0.2, 0.25) is 0 Å². The van der Waals surface area contributed by atoms with Gasteiger partial charge in [-0.2, -0.15) is 0 Å². The maximum Gasteiger partial charge on any atom is 0.251 e. The second-order valence-electron chi connectivity index (χ2n) is 6.91. The highest BCUT2D eigenvalue weighted by molar-refractivity contribution is 5.96. The summed E-state index contributed by atoms with van der Waals surface area (Å²) >= 11 is 0. The molecule has 0 aromatic heterocycles. The maximum absolute atomic E-state index is 12.2. The Morgan fingerprint density at radius 2 is 1.71 bits per heavy atom. The van der Waals surface area contributed by atoms with Gasteiger partial charge in [0.1, 0.15) is 11.5 Å². The Kier molecular flexibility index (Phi) is 7.44. The summed E-state index contributed by atoms with van der Waals surface area (Å²) in [7, 11) is 1.60. The lowest BCUT2D eigenvalue weighted by Gasteiger charge is -2.18. The summed E-state index contributed by atoms with van der Waals surface area (Å²) in [6.07, 6.45) is 0.0670. The quantitative estimate of drug-likeness (QED) is 0.731. The van der Waals surface area contributed by atoms with E-state index in [2.05, 4.69) is 10.6 Å². The van der Waals surface area contributed by atoms with Crippen molar-refractivity contribution in [3.8, 4) is 11.5 Å². The minimum atomic E-state index is -0.313. The van der Waals surface area contributed by atoms with Crippen molar-refractivity contribution in [2.45, 2.75) is 39.8 Å². The Bertz CT molecular complexity index is 816. The molecule has 0 aliphatic carbocycles. The van der Waals surface area contributed by atoms with E-state index < -0.39 is 0 Å². The van der Waals surface area contributed by atoms with Gasteiger partial charge in [0.2, 0.25) is 5.91 Å². The smallest absolute Gasteiger partial charge is 0.251 e. The predicted molar refractivity (Wildman–Crippen MR) is 109 cm³/mol. The number of hydrogen-bond acceptors (Lipinski definition) is 4. The zero-order valence-corrected chi connectivity index (χ0v) is 17.0. The standard InChI is InChI=1S/C22H28N2O4/c1-14(2)28-18-9-7-17(8-10-18)22(26)23-13-21(25)24-16(4)19-12-15(3)6-11-20(19)27-5/h6-12,14,16H,13H2,1-5H3,(H,23,26)(H,24,25). The third-order valence-corrected chi connectivity index (χ3v) is 4.13. The molecule has 1 atom stereocenters. The number of ether oxygens (including phenoxy) is 2. The highest BCUT2D eigenvalue weighted by Gasteiger charge is 2.15. The molecule has 2 rings (SSSR count). The number of hydrogen-bond donors (Lipinski definition) is 2. The lowest BCUT2D eigenvalue weighted by Crippen LogP contribution is -2.38. The summed E-state index contributed by atoms with van der Waals surface area (Å²) in [6, 6.07) is 12.4. The molecule has 0 bridgehead atoms. The summed E-state index contributed by atoms with van der Waals surface area (Å²) in [6.45, 7) is 7.63. The van der Waals surface area contributed by atoms with Crippen molar-refractivity contribution < 1.29 is 19.1 Å². The van der Waals surface area contributed by atoms with E-state index in [1.807, 2.05) is 45.9 Å². The monoisotopic (exact) mass is 384 g/mol. The van der Waals surface area contributed by atoms with Gasteiger partial charge in [-0.3, -0.25) is 9.59 Å². The molecule has 2 aromatic carbocycles. The van der Waals surface area contributed by atoms with Crippen molar-refractivity contribution >= 4 is 11.8 Å². The Morgan fingerprint density at radius 1 is 1.04 bits per heavy atom. The van der Waals surface area contributed by atoms with Gasteiger partial charge in [0.15, 0.2) is 0 Å². The van der Waals surface area contributed by atoms with Gasteiger partial charge in [0, 0.05) is 11.1 Å². The number of rotatable bonds is 8. The lowest BCUT2D eigenvalue weighted by atomic mass is 10.0. The number of carbonyl (C=O) groups is 2. The molecule has 6 nitrogen and oxygen atoms in total. The summed E-state index contributed by atoms with van der Waals surface area (Å²) in [5.41, 5.74) is 2.44. The third-order valence-electron chi connectivity index (χ3n) is 4.13. The van der Waals surface area contributed by atoms with Crippen LogP contribution in [-0.2, 0) is 4.79 Å². The molecular formula is C22H28N2O4. The van der Waals surface area contributed by atoms with E-state index in [0.29, 0.717) is 17.1 Å². The van der Waals surface area contributed by atoms with Crippen LogP contribution in [0.5, 0.6) is 11.5 Å². The van der Waals surface area contributed by atoms with Crippen LogP contribution in [0.3, 0.4) is 0 Å². The molecule has 0 aliphatic rings. The number of nitrogens with one attached hydrogen (secondary N) is 2. The number of carbonyl (C=O) groups excluding carboxylic acids is 2. The van der Waals surface area contributed by atoms with Crippen molar-refractivity contribution in [2.75, 3.05) is 13.7 Å². The summed E-state index contributed by atoms with van der Waals surface area (Å²) < 4.78 is 10.9. The first-order valence-electron chi connectivity index (χ1n) is 9.29. The van der Waals surface area contributed by atoms with Gasteiger partial charge in [-0.05, 0) is 58.0 Å². The van der Waals surface area contributed by atoms with Crippen LogP contribution in [0.1, 0.15) is 48.3 Å². The molecule has 0 aliphatic heterocycles.